The van der Waals surface area contributed by atoms with Crippen LogP contribution in [0.2, 0.25) is 19.1 Å². The third-order valence-corrected chi connectivity index (χ3v) is 8.89. The van der Waals surface area contributed by atoms with E-state index in [-0.39, 0.29) is 0 Å². The molecule has 2 fully saturated rings. The highest BCUT2D eigenvalue weighted by atomic mass is 28.4. The molecule has 0 aromatic heterocycles. The maximum Gasteiger partial charge on any atom is 0.186 e. The van der Waals surface area contributed by atoms with Crippen molar-refractivity contribution >= 4 is 8.32 Å². The molecule has 1 aromatic carbocycles. The summed E-state index contributed by atoms with van der Waals surface area (Å²) in [5, 5.41) is 0. The molecule has 1 aliphatic heterocycles. The zero-order chi connectivity index (χ0) is 13.3. The van der Waals surface area contributed by atoms with Gasteiger partial charge in [0.1, 0.15) is 0 Å². The Bertz CT molecular complexity index is 538. The van der Waals surface area contributed by atoms with E-state index < -0.39 is 8.32 Å². The van der Waals surface area contributed by atoms with E-state index in [0.717, 1.165) is 12.5 Å². The lowest BCUT2D eigenvalue weighted by molar-refractivity contribution is -0.0874. The minimum absolute atomic E-state index is 0.392. The average Bonchev–Trinajstić information content (AvgIpc) is 2.48. The van der Waals surface area contributed by atoms with Gasteiger partial charge in [-0.1, -0.05) is 37.6 Å². The lowest BCUT2D eigenvalue weighted by Crippen LogP contribution is -2.59. The maximum absolute atomic E-state index is 6.46. The van der Waals surface area contributed by atoms with E-state index in [0.29, 0.717) is 10.8 Å². The van der Waals surface area contributed by atoms with Crippen LogP contribution in [0.1, 0.15) is 30.9 Å². The summed E-state index contributed by atoms with van der Waals surface area (Å²) in [6.07, 6.45) is 4.05. The van der Waals surface area contributed by atoms with Gasteiger partial charge in [0.05, 0.1) is 0 Å². The third kappa shape index (κ3) is 1.39. The first kappa shape index (κ1) is 12.2. The average molecular weight is 272 g/mol. The largest absolute Gasteiger partial charge is 0.417 e. The number of benzene rings is 1. The third-order valence-electron chi connectivity index (χ3n) is 6.47. The van der Waals surface area contributed by atoms with Gasteiger partial charge in [0.25, 0.3) is 0 Å². The summed E-state index contributed by atoms with van der Waals surface area (Å²) in [6, 6.07) is 10.5. The van der Waals surface area contributed by atoms with Gasteiger partial charge in [-0.15, -0.1) is 0 Å². The first-order chi connectivity index (χ1) is 8.97. The molecule has 3 atom stereocenters. The second kappa shape index (κ2) is 3.53. The molecule has 1 spiro atoms. The van der Waals surface area contributed by atoms with Gasteiger partial charge in [0.2, 0.25) is 0 Å². The number of rotatable bonds is 0. The zero-order valence-corrected chi connectivity index (χ0v) is 13.3. The van der Waals surface area contributed by atoms with Gasteiger partial charge in [-0.3, -0.25) is 0 Å². The van der Waals surface area contributed by atoms with Crippen molar-refractivity contribution in [3.05, 3.63) is 35.4 Å². The summed E-state index contributed by atoms with van der Waals surface area (Å²) >= 11 is 0. The quantitative estimate of drug-likeness (QED) is 0.645. The van der Waals surface area contributed by atoms with Crippen LogP contribution < -0.4 is 0 Å². The number of hydrogen-bond donors (Lipinski definition) is 0. The van der Waals surface area contributed by atoms with E-state index in [4.69, 9.17) is 4.43 Å². The minimum Gasteiger partial charge on any atom is -0.417 e. The van der Waals surface area contributed by atoms with Crippen molar-refractivity contribution < 1.29 is 4.43 Å². The second-order valence-corrected chi connectivity index (χ2v) is 12.1. The van der Waals surface area contributed by atoms with Gasteiger partial charge in [-0.25, -0.2) is 0 Å². The van der Waals surface area contributed by atoms with Gasteiger partial charge >= 0.3 is 0 Å². The highest BCUT2D eigenvalue weighted by Crippen LogP contribution is 2.69. The summed E-state index contributed by atoms with van der Waals surface area (Å²) in [5.41, 5.74) is 4.04. The fourth-order valence-electron chi connectivity index (χ4n) is 5.11. The molecule has 1 aromatic rings. The molecule has 0 unspecified atom stereocenters. The summed E-state index contributed by atoms with van der Waals surface area (Å²) in [4.78, 5) is 0. The predicted molar refractivity (Wildman–Crippen MR) is 80.9 cm³/mol. The standard InChI is InChI=1S/C17H24OSi/c1-16-11-14-8-9-19(2,3)18-12-17(14,16)10-13-6-4-5-7-15(13)16/h4-7,14H,8-12H2,1-3H3/t14-,16+,17-/m0/s1. The van der Waals surface area contributed by atoms with Crippen LogP contribution >= 0.6 is 0 Å². The van der Waals surface area contributed by atoms with Crippen LogP contribution in [0.4, 0.5) is 0 Å². The van der Waals surface area contributed by atoms with E-state index >= 15 is 0 Å². The fraction of sp³-hybridized carbons (Fsp3) is 0.647. The van der Waals surface area contributed by atoms with Crippen molar-refractivity contribution in [3.63, 3.8) is 0 Å². The van der Waals surface area contributed by atoms with E-state index in [2.05, 4.69) is 44.3 Å². The topological polar surface area (TPSA) is 9.23 Å². The Balaban J connectivity index is 1.77. The molecule has 0 amide bonds. The highest BCUT2D eigenvalue weighted by Gasteiger charge is 2.67. The van der Waals surface area contributed by atoms with Crippen molar-refractivity contribution in [1.29, 1.82) is 0 Å². The molecule has 1 nitrogen and oxygen atoms in total. The normalized spacial score (nSPS) is 42.6. The van der Waals surface area contributed by atoms with Gasteiger partial charge in [-0.05, 0) is 49.0 Å². The van der Waals surface area contributed by atoms with E-state index in [1.807, 2.05) is 0 Å². The molecule has 1 saturated heterocycles. The van der Waals surface area contributed by atoms with E-state index in [1.54, 1.807) is 11.1 Å². The van der Waals surface area contributed by atoms with Crippen LogP contribution in [0.15, 0.2) is 24.3 Å². The summed E-state index contributed by atoms with van der Waals surface area (Å²) in [6.45, 7) is 8.31. The molecule has 1 heterocycles. The Kier molecular flexibility index (Phi) is 2.26. The molecule has 19 heavy (non-hydrogen) atoms. The molecule has 0 bridgehead atoms. The van der Waals surface area contributed by atoms with Crippen LogP contribution in [0.25, 0.3) is 0 Å². The van der Waals surface area contributed by atoms with Crippen LogP contribution in [-0.4, -0.2) is 14.9 Å². The number of fused-ring (bicyclic) bond motifs is 2. The molecule has 1 saturated carbocycles. The Hall–Kier alpha value is -0.603. The highest BCUT2D eigenvalue weighted by molar-refractivity contribution is 6.71. The molecule has 0 N–H and O–H groups in total. The maximum atomic E-state index is 6.46. The van der Waals surface area contributed by atoms with E-state index in [9.17, 15) is 0 Å². The SMILES string of the molecule is C[C@]12C[C@@H]3CC[Si](C)(C)OC[C@@]31Cc1ccccc12. The molecule has 3 aliphatic rings. The number of hydrogen-bond acceptors (Lipinski definition) is 1. The van der Waals surface area contributed by atoms with Crippen LogP contribution in [-0.2, 0) is 16.3 Å². The molecule has 0 radical (unpaired) electrons. The van der Waals surface area contributed by atoms with Crippen molar-refractivity contribution in [2.45, 2.75) is 50.7 Å². The van der Waals surface area contributed by atoms with E-state index in [1.165, 1.54) is 25.3 Å². The van der Waals surface area contributed by atoms with Gasteiger partial charge in [0.15, 0.2) is 8.32 Å². The first-order valence-corrected chi connectivity index (χ1v) is 10.8. The summed E-state index contributed by atoms with van der Waals surface area (Å²) in [7, 11) is -1.39. The smallest absolute Gasteiger partial charge is 0.186 e. The van der Waals surface area contributed by atoms with Crippen LogP contribution in [0, 0.1) is 11.3 Å². The first-order valence-electron chi connectivity index (χ1n) is 7.69. The van der Waals surface area contributed by atoms with Crippen molar-refractivity contribution in [2.75, 3.05) is 6.61 Å². The second-order valence-electron chi connectivity index (χ2n) is 7.81. The van der Waals surface area contributed by atoms with Crippen molar-refractivity contribution in [3.8, 4) is 0 Å². The van der Waals surface area contributed by atoms with Crippen molar-refractivity contribution in [2.24, 2.45) is 11.3 Å². The van der Waals surface area contributed by atoms with Crippen LogP contribution in [0.5, 0.6) is 0 Å². The monoisotopic (exact) mass is 272 g/mol. The lowest BCUT2D eigenvalue weighted by Gasteiger charge is -2.60. The zero-order valence-electron chi connectivity index (χ0n) is 12.3. The summed E-state index contributed by atoms with van der Waals surface area (Å²) in [5.74, 6) is 0.902. The predicted octanol–water partition coefficient (Wildman–Crippen LogP) is 4.13. The Morgan fingerprint density at radius 3 is 2.89 bits per heavy atom. The van der Waals surface area contributed by atoms with Gasteiger partial charge < -0.3 is 4.43 Å². The molecule has 2 aliphatic carbocycles. The van der Waals surface area contributed by atoms with Gasteiger partial charge in [-0.2, -0.15) is 0 Å². The molecule has 2 heteroatoms. The van der Waals surface area contributed by atoms with Crippen molar-refractivity contribution in [1.82, 2.24) is 0 Å². The molecule has 4 rings (SSSR count). The lowest BCUT2D eigenvalue weighted by atomic mass is 9.44. The molecular formula is C17H24OSi. The Morgan fingerprint density at radius 1 is 1.26 bits per heavy atom. The van der Waals surface area contributed by atoms with Crippen LogP contribution in [0.3, 0.4) is 0 Å². The fourth-order valence-corrected chi connectivity index (χ4v) is 6.94. The Labute approximate surface area is 117 Å². The molecular weight excluding hydrogens is 248 g/mol. The minimum atomic E-state index is -1.39. The molecule has 102 valence electrons. The van der Waals surface area contributed by atoms with Gasteiger partial charge in [0, 0.05) is 17.4 Å². The summed E-state index contributed by atoms with van der Waals surface area (Å²) < 4.78 is 6.46. The Morgan fingerprint density at radius 2 is 2.05 bits per heavy atom.